The maximum absolute atomic E-state index is 5.56. The lowest BCUT2D eigenvalue weighted by molar-refractivity contribution is 0.404. The first kappa shape index (κ1) is 17.9. The van der Waals surface area contributed by atoms with Crippen LogP contribution in [0.25, 0.3) is 33.9 Å². The number of benzene rings is 3. The number of hydrogen-bond donors (Lipinski definition) is 1. The zero-order valence-corrected chi connectivity index (χ0v) is 16.2. The summed E-state index contributed by atoms with van der Waals surface area (Å²) in [6.45, 7) is 2.08. The van der Waals surface area contributed by atoms with Crippen molar-refractivity contribution in [1.29, 1.82) is 0 Å². The van der Waals surface area contributed by atoms with Crippen LogP contribution in [0.4, 0.5) is 0 Å². The fourth-order valence-corrected chi connectivity index (χ4v) is 3.23. The first-order valence-electron chi connectivity index (χ1n) is 9.14. The van der Waals surface area contributed by atoms with E-state index in [4.69, 9.17) is 14.5 Å². The van der Waals surface area contributed by atoms with E-state index in [0.717, 1.165) is 45.4 Å². The molecule has 0 saturated carbocycles. The van der Waals surface area contributed by atoms with Crippen molar-refractivity contribution in [3.05, 3.63) is 78.4 Å². The van der Waals surface area contributed by atoms with Gasteiger partial charge in [-0.1, -0.05) is 60.2 Å². The SMILES string of the molecule is COc1ccc(OC)c(-c2nc(-c3ccccc3)c(-c3ccc(C)cc3)[nH]2)c1. The Hall–Kier alpha value is -3.53. The van der Waals surface area contributed by atoms with Crippen molar-refractivity contribution in [3.63, 3.8) is 0 Å². The molecule has 28 heavy (non-hydrogen) atoms. The standard InChI is InChI=1S/C24H22N2O2/c1-16-9-11-18(12-10-16)23-22(17-7-5-4-6-8-17)25-24(26-23)20-15-19(27-2)13-14-21(20)28-3/h4-15H,1-3H3,(H,25,26). The molecule has 140 valence electrons. The van der Waals surface area contributed by atoms with Crippen molar-refractivity contribution in [3.8, 4) is 45.4 Å². The third-order valence-electron chi connectivity index (χ3n) is 4.75. The van der Waals surface area contributed by atoms with Gasteiger partial charge < -0.3 is 14.5 Å². The molecule has 0 amide bonds. The van der Waals surface area contributed by atoms with Crippen LogP contribution in [-0.2, 0) is 0 Å². The lowest BCUT2D eigenvalue weighted by Crippen LogP contribution is -1.91. The summed E-state index contributed by atoms with van der Waals surface area (Å²) in [6, 6.07) is 24.3. The van der Waals surface area contributed by atoms with Gasteiger partial charge in [0, 0.05) is 11.1 Å². The normalized spacial score (nSPS) is 10.7. The molecular weight excluding hydrogens is 348 g/mol. The van der Waals surface area contributed by atoms with Crippen LogP contribution in [0.2, 0.25) is 0 Å². The van der Waals surface area contributed by atoms with Gasteiger partial charge in [0.1, 0.15) is 17.3 Å². The maximum Gasteiger partial charge on any atom is 0.142 e. The molecule has 4 aromatic rings. The van der Waals surface area contributed by atoms with Gasteiger partial charge in [0.25, 0.3) is 0 Å². The summed E-state index contributed by atoms with van der Waals surface area (Å²) < 4.78 is 11.0. The lowest BCUT2D eigenvalue weighted by atomic mass is 10.0. The average Bonchev–Trinajstić information content (AvgIpc) is 3.19. The number of aromatic amines is 1. The molecule has 0 atom stereocenters. The number of hydrogen-bond acceptors (Lipinski definition) is 3. The number of ether oxygens (including phenoxy) is 2. The quantitative estimate of drug-likeness (QED) is 0.487. The second-order valence-corrected chi connectivity index (χ2v) is 6.61. The number of nitrogens with zero attached hydrogens (tertiary/aromatic N) is 1. The summed E-state index contributed by atoms with van der Waals surface area (Å²) >= 11 is 0. The molecule has 1 heterocycles. The summed E-state index contributed by atoms with van der Waals surface area (Å²) in [5.74, 6) is 2.24. The van der Waals surface area contributed by atoms with Crippen LogP contribution in [0.3, 0.4) is 0 Å². The van der Waals surface area contributed by atoms with Crippen LogP contribution in [-0.4, -0.2) is 24.2 Å². The average molecular weight is 370 g/mol. The Morgan fingerprint density at radius 2 is 1.54 bits per heavy atom. The molecule has 0 spiro atoms. The largest absolute Gasteiger partial charge is 0.497 e. The molecule has 1 aromatic heterocycles. The molecule has 0 aliphatic rings. The predicted molar refractivity (Wildman–Crippen MR) is 113 cm³/mol. The Kier molecular flexibility index (Phi) is 4.85. The highest BCUT2D eigenvalue weighted by Gasteiger charge is 2.18. The summed E-state index contributed by atoms with van der Waals surface area (Å²) in [4.78, 5) is 8.45. The zero-order valence-electron chi connectivity index (χ0n) is 16.2. The van der Waals surface area contributed by atoms with Gasteiger partial charge in [-0.3, -0.25) is 0 Å². The molecule has 4 heteroatoms. The molecule has 0 radical (unpaired) electrons. The Morgan fingerprint density at radius 3 is 2.21 bits per heavy atom. The monoisotopic (exact) mass is 370 g/mol. The summed E-state index contributed by atoms with van der Waals surface area (Å²) in [7, 11) is 3.31. The Morgan fingerprint density at radius 1 is 0.786 bits per heavy atom. The van der Waals surface area contributed by atoms with E-state index in [1.165, 1.54) is 5.56 Å². The van der Waals surface area contributed by atoms with Gasteiger partial charge in [-0.2, -0.15) is 0 Å². The number of imidazole rings is 1. The van der Waals surface area contributed by atoms with E-state index in [1.807, 2.05) is 36.4 Å². The van der Waals surface area contributed by atoms with Crippen molar-refractivity contribution in [2.75, 3.05) is 14.2 Å². The van der Waals surface area contributed by atoms with E-state index in [9.17, 15) is 0 Å². The van der Waals surface area contributed by atoms with E-state index >= 15 is 0 Å². The van der Waals surface area contributed by atoms with Gasteiger partial charge in [0.2, 0.25) is 0 Å². The highest BCUT2D eigenvalue weighted by atomic mass is 16.5. The van der Waals surface area contributed by atoms with Crippen LogP contribution in [0.5, 0.6) is 11.5 Å². The maximum atomic E-state index is 5.56. The van der Waals surface area contributed by atoms with Crippen LogP contribution in [0, 0.1) is 6.92 Å². The first-order chi connectivity index (χ1) is 13.7. The second-order valence-electron chi connectivity index (χ2n) is 6.61. The lowest BCUT2D eigenvalue weighted by Gasteiger charge is -2.08. The fourth-order valence-electron chi connectivity index (χ4n) is 3.23. The van der Waals surface area contributed by atoms with Crippen molar-refractivity contribution in [1.82, 2.24) is 9.97 Å². The summed E-state index contributed by atoms with van der Waals surface area (Å²) in [5.41, 5.74) is 6.11. The molecule has 4 rings (SSSR count). The first-order valence-corrected chi connectivity index (χ1v) is 9.14. The van der Waals surface area contributed by atoms with E-state index in [1.54, 1.807) is 14.2 Å². The van der Waals surface area contributed by atoms with Crippen LogP contribution in [0.15, 0.2) is 72.8 Å². The number of aryl methyl sites for hydroxylation is 1. The molecule has 3 aromatic carbocycles. The third-order valence-corrected chi connectivity index (χ3v) is 4.75. The Labute approximate surface area is 164 Å². The number of nitrogens with one attached hydrogen (secondary N) is 1. The highest BCUT2D eigenvalue weighted by molar-refractivity contribution is 5.82. The minimum Gasteiger partial charge on any atom is -0.497 e. The molecule has 0 aliphatic heterocycles. The number of aromatic nitrogens is 2. The van der Waals surface area contributed by atoms with E-state index < -0.39 is 0 Å². The van der Waals surface area contributed by atoms with Gasteiger partial charge in [0.15, 0.2) is 0 Å². The molecule has 0 unspecified atom stereocenters. The van der Waals surface area contributed by atoms with Gasteiger partial charge >= 0.3 is 0 Å². The summed E-state index contributed by atoms with van der Waals surface area (Å²) in [5, 5.41) is 0. The van der Waals surface area contributed by atoms with Crippen molar-refractivity contribution in [2.45, 2.75) is 6.92 Å². The minimum absolute atomic E-state index is 0.740. The Bertz CT molecular complexity index is 1080. The molecular formula is C24H22N2O2. The van der Waals surface area contributed by atoms with Gasteiger partial charge in [-0.25, -0.2) is 4.98 Å². The minimum atomic E-state index is 0.740. The second kappa shape index (κ2) is 7.61. The Balaban J connectivity index is 1.92. The number of H-pyrrole nitrogens is 1. The molecule has 1 N–H and O–H groups in total. The molecule has 0 bridgehead atoms. The smallest absolute Gasteiger partial charge is 0.142 e. The molecule has 0 fully saturated rings. The molecule has 0 aliphatic carbocycles. The van der Waals surface area contributed by atoms with Gasteiger partial charge in [-0.15, -0.1) is 0 Å². The van der Waals surface area contributed by atoms with Crippen molar-refractivity contribution in [2.24, 2.45) is 0 Å². The topological polar surface area (TPSA) is 47.1 Å². The molecule has 4 nitrogen and oxygen atoms in total. The molecule has 0 saturated heterocycles. The van der Waals surface area contributed by atoms with Crippen molar-refractivity contribution >= 4 is 0 Å². The van der Waals surface area contributed by atoms with Crippen LogP contribution >= 0.6 is 0 Å². The van der Waals surface area contributed by atoms with Crippen LogP contribution < -0.4 is 9.47 Å². The van der Waals surface area contributed by atoms with Gasteiger partial charge in [0.05, 0.1) is 31.2 Å². The zero-order chi connectivity index (χ0) is 19.5. The number of rotatable bonds is 5. The van der Waals surface area contributed by atoms with E-state index in [-0.39, 0.29) is 0 Å². The van der Waals surface area contributed by atoms with Crippen LogP contribution in [0.1, 0.15) is 5.56 Å². The predicted octanol–water partition coefficient (Wildman–Crippen LogP) is 5.74. The van der Waals surface area contributed by atoms with Gasteiger partial charge in [-0.05, 0) is 25.1 Å². The van der Waals surface area contributed by atoms with E-state index in [0.29, 0.717) is 0 Å². The number of methoxy groups -OCH3 is 2. The third kappa shape index (κ3) is 3.37. The van der Waals surface area contributed by atoms with E-state index in [2.05, 4.69) is 48.3 Å². The fraction of sp³-hybridized carbons (Fsp3) is 0.125. The van der Waals surface area contributed by atoms with Crippen molar-refractivity contribution < 1.29 is 9.47 Å². The highest BCUT2D eigenvalue weighted by Crippen LogP contribution is 2.37. The summed E-state index contributed by atoms with van der Waals surface area (Å²) in [6.07, 6.45) is 0.